The highest BCUT2D eigenvalue weighted by molar-refractivity contribution is 9.09. The molecule has 1 saturated carbocycles. The van der Waals surface area contributed by atoms with Gasteiger partial charge in [-0.1, -0.05) is 47.0 Å². The molecule has 100 valence electrons. The largest absolute Gasteiger partial charge is 0.295 e. The van der Waals surface area contributed by atoms with E-state index >= 15 is 0 Å². The van der Waals surface area contributed by atoms with Gasteiger partial charge in [-0.05, 0) is 43.4 Å². The number of nitrogens with zero attached hydrogens (tertiary/aromatic N) is 1. The lowest BCUT2D eigenvalue weighted by molar-refractivity contribution is 0.202. The summed E-state index contributed by atoms with van der Waals surface area (Å²) in [7, 11) is 0. The lowest BCUT2D eigenvalue weighted by Gasteiger charge is -2.28. The van der Waals surface area contributed by atoms with E-state index in [1.54, 1.807) is 0 Å². The average molecular weight is 310 g/mol. The van der Waals surface area contributed by atoms with Gasteiger partial charge in [0, 0.05) is 24.5 Å². The van der Waals surface area contributed by atoms with Crippen LogP contribution in [-0.2, 0) is 6.54 Å². The van der Waals surface area contributed by atoms with Crippen molar-refractivity contribution in [2.24, 2.45) is 0 Å². The van der Waals surface area contributed by atoms with Gasteiger partial charge in [-0.3, -0.25) is 4.90 Å². The molecule has 1 nitrogen and oxygen atoms in total. The first-order valence-corrected chi connectivity index (χ1v) is 8.19. The van der Waals surface area contributed by atoms with Crippen LogP contribution >= 0.6 is 15.9 Å². The molecule has 0 amide bonds. The van der Waals surface area contributed by atoms with Crippen LogP contribution < -0.4 is 0 Å². The topological polar surface area (TPSA) is 3.24 Å². The van der Waals surface area contributed by atoms with Crippen LogP contribution in [0.5, 0.6) is 0 Å². The maximum Gasteiger partial charge on any atom is 0.0237 e. The molecule has 0 aromatic heterocycles. The molecule has 1 aliphatic rings. The summed E-state index contributed by atoms with van der Waals surface area (Å²) >= 11 is 3.59. The van der Waals surface area contributed by atoms with E-state index in [-0.39, 0.29) is 0 Å². The molecule has 1 aliphatic carbocycles. The van der Waals surface area contributed by atoms with Crippen molar-refractivity contribution in [3.63, 3.8) is 0 Å². The first-order valence-electron chi connectivity index (χ1n) is 7.07. The molecule has 0 spiro atoms. The van der Waals surface area contributed by atoms with Crippen LogP contribution in [0.3, 0.4) is 0 Å². The van der Waals surface area contributed by atoms with E-state index in [0.29, 0.717) is 0 Å². The van der Waals surface area contributed by atoms with Crippen molar-refractivity contribution in [1.82, 2.24) is 4.90 Å². The lowest BCUT2D eigenvalue weighted by Crippen LogP contribution is -2.34. The quantitative estimate of drug-likeness (QED) is 0.727. The highest BCUT2D eigenvalue weighted by Crippen LogP contribution is 2.25. The Morgan fingerprint density at radius 3 is 2.50 bits per heavy atom. The Kier molecular flexibility index (Phi) is 5.25. The number of rotatable bonds is 5. The number of alkyl halides is 1. The second kappa shape index (κ2) is 6.72. The summed E-state index contributed by atoms with van der Waals surface area (Å²) in [5, 5.41) is 1.08. The molecule has 0 N–H and O–H groups in total. The molecule has 18 heavy (non-hydrogen) atoms. The van der Waals surface area contributed by atoms with E-state index in [0.717, 1.165) is 24.5 Å². The minimum absolute atomic E-state index is 0.809. The third-order valence-electron chi connectivity index (χ3n) is 4.17. The first-order chi connectivity index (χ1) is 8.70. The van der Waals surface area contributed by atoms with Gasteiger partial charge in [-0.25, -0.2) is 0 Å². The molecule has 0 saturated heterocycles. The smallest absolute Gasteiger partial charge is 0.0237 e. The zero-order valence-electron chi connectivity index (χ0n) is 11.6. The molecular weight excluding hydrogens is 286 g/mol. The predicted octanol–water partition coefficient (Wildman–Crippen LogP) is 4.44. The van der Waals surface area contributed by atoms with Crippen LogP contribution in [0.15, 0.2) is 18.2 Å². The minimum Gasteiger partial charge on any atom is -0.295 e. The Balaban J connectivity index is 2.04. The maximum absolute atomic E-state index is 3.59. The van der Waals surface area contributed by atoms with Gasteiger partial charge in [0.2, 0.25) is 0 Å². The number of benzene rings is 1. The number of hydrogen-bond acceptors (Lipinski definition) is 1. The molecule has 0 radical (unpaired) electrons. The van der Waals surface area contributed by atoms with Crippen molar-refractivity contribution in [3.05, 3.63) is 34.9 Å². The van der Waals surface area contributed by atoms with Crippen molar-refractivity contribution >= 4 is 15.9 Å². The molecule has 0 unspecified atom stereocenters. The second-order valence-electron chi connectivity index (χ2n) is 5.52. The van der Waals surface area contributed by atoms with Crippen LogP contribution in [0.1, 0.15) is 42.4 Å². The van der Waals surface area contributed by atoms with Gasteiger partial charge >= 0.3 is 0 Å². The molecule has 1 aromatic carbocycles. The highest BCUT2D eigenvalue weighted by Gasteiger charge is 2.22. The minimum atomic E-state index is 0.809. The van der Waals surface area contributed by atoms with Gasteiger partial charge in [0.15, 0.2) is 0 Å². The summed E-state index contributed by atoms with van der Waals surface area (Å²) in [6, 6.07) is 7.71. The molecule has 0 bridgehead atoms. The fourth-order valence-electron chi connectivity index (χ4n) is 2.91. The molecule has 0 atom stereocenters. The summed E-state index contributed by atoms with van der Waals surface area (Å²) in [4.78, 5) is 2.66. The van der Waals surface area contributed by atoms with Crippen molar-refractivity contribution in [3.8, 4) is 0 Å². The third kappa shape index (κ3) is 3.58. The van der Waals surface area contributed by atoms with Crippen molar-refractivity contribution in [2.75, 3.05) is 11.9 Å². The second-order valence-corrected chi connectivity index (χ2v) is 6.31. The molecule has 0 heterocycles. The molecule has 2 heteroatoms. The fourth-order valence-corrected chi connectivity index (χ4v) is 3.36. The Bertz CT molecular complexity index is 383. The van der Waals surface area contributed by atoms with Gasteiger partial charge < -0.3 is 0 Å². The zero-order chi connectivity index (χ0) is 13.0. The van der Waals surface area contributed by atoms with Gasteiger partial charge in [0.1, 0.15) is 0 Å². The van der Waals surface area contributed by atoms with E-state index in [2.05, 4.69) is 52.9 Å². The molecule has 2 rings (SSSR count). The lowest BCUT2D eigenvalue weighted by atomic mass is 10.1. The van der Waals surface area contributed by atoms with E-state index in [4.69, 9.17) is 0 Å². The Hall–Kier alpha value is -0.340. The Morgan fingerprint density at radius 2 is 1.89 bits per heavy atom. The standard InChI is InChI=1S/C16H24BrN/c1-13-7-8-15(11-14(13)2)12-18(10-9-17)16-5-3-4-6-16/h7-8,11,16H,3-6,9-10,12H2,1-2H3. The normalized spacial score (nSPS) is 16.7. The number of hydrogen-bond donors (Lipinski definition) is 0. The van der Waals surface area contributed by atoms with Crippen LogP contribution in [0.4, 0.5) is 0 Å². The summed E-state index contributed by atoms with van der Waals surface area (Å²) in [6.45, 7) is 6.67. The third-order valence-corrected chi connectivity index (χ3v) is 4.52. The first kappa shape index (κ1) is 14.1. The van der Waals surface area contributed by atoms with Crippen LogP contribution in [0, 0.1) is 13.8 Å². The van der Waals surface area contributed by atoms with E-state index in [9.17, 15) is 0 Å². The van der Waals surface area contributed by atoms with Crippen LogP contribution in [-0.4, -0.2) is 22.8 Å². The summed E-state index contributed by atoms with van der Waals surface area (Å²) < 4.78 is 0. The van der Waals surface area contributed by atoms with Gasteiger partial charge in [0.25, 0.3) is 0 Å². The Labute approximate surface area is 120 Å². The van der Waals surface area contributed by atoms with Crippen molar-refractivity contribution < 1.29 is 0 Å². The molecular formula is C16H24BrN. The summed E-state index contributed by atoms with van der Waals surface area (Å²) in [5.74, 6) is 0. The van der Waals surface area contributed by atoms with Crippen molar-refractivity contribution in [1.29, 1.82) is 0 Å². The molecule has 1 aromatic rings. The zero-order valence-corrected chi connectivity index (χ0v) is 13.2. The maximum atomic E-state index is 3.59. The SMILES string of the molecule is Cc1ccc(CN(CCBr)C2CCCC2)cc1C. The molecule has 0 aliphatic heterocycles. The summed E-state index contributed by atoms with van der Waals surface area (Å²) in [6.07, 6.45) is 5.60. The highest BCUT2D eigenvalue weighted by atomic mass is 79.9. The number of halogens is 1. The monoisotopic (exact) mass is 309 g/mol. The van der Waals surface area contributed by atoms with Gasteiger partial charge in [-0.15, -0.1) is 0 Å². The van der Waals surface area contributed by atoms with Crippen LogP contribution in [0.25, 0.3) is 0 Å². The predicted molar refractivity (Wildman–Crippen MR) is 82.4 cm³/mol. The van der Waals surface area contributed by atoms with Gasteiger partial charge in [-0.2, -0.15) is 0 Å². The number of aryl methyl sites for hydroxylation is 2. The fraction of sp³-hybridized carbons (Fsp3) is 0.625. The van der Waals surface area contributed by atoms with E-state index in [1.807, 2.05) is 0 Å². The Morgan fingerprint density at radius 1 is 1.17 bits per heavy atom. The van der Waals surface area contributed by atoms with Crippen LogP contribution in [0.2, 0.25) is 0 Å². The van der Waals surface area contributed by atoms with E-state index < -0.39 is 0 Å². The van der Waals surface area contributed by atoms with Gasteiger partial charge in [0.05, 0.1) is 0 Å². The van der Waals surface area contributed by atoms with E-state index in [1.165, 1.54) is 42.4 Å². The average Bonchev–Trinajstić information content (AvgIpc) is 2.87. The molecule has 1 fully saturated rings. The summed E-state index contributed by atoms with van der Waals surface area (Å²) in [5.41, 5.74) is 4.27. The van der Waals surface area contributed by atoms with Crippen molar-refractivity contribution in [2.45, 2.75) is 52.1 Å².